The van der Waals surface area contributed by atoms with Crippen LogP contribution in [0.15, 0.2) is 22.7 Å². The van der Waals surface area contributed by atoms with Crippen molar-refractivity contribution in [3.63, 3.8) is 0 Å². The number of nitrogens with zero attached hydrogens (tertiary/aromatic N) is 2. The zero-order valence-electron chi connectivity index (χ0n) is 12.2. The first-order chi connectivity index (χ1) is 10.1. The molecule has 1 heterocycles. The van der Waals surface area contributed by atoms with Gasteiger partial charge in [0.2, 0.25) is 11.7 Å². The predicted octanol–water partition coefficient (Wildman–Crippen LogP) is 3.85. The Labute approximate surface area is 128 Å². The van der Waals surface area contributed by atoms with Crippen LogP contribution in [0.5, 0.6) is 0 Å². The lowest BCUT2D eigenvalue weighted by Gasteiger charge is -2.14. The molecular formula is C15H19ClFN3O. The zero-order chi connectivity index (χ0) is 15.2. The molecule has 0 amide bonds. The summed E-state index contributed by atoms with van der Waals surface area (Å²) in [7, 11) is 0. The number of hydrogen-bond acceptors (Lipinski definition) is 4. The van der Waals surface area contributed by atoms with Crippen LogP contribution in [-0.2, 0) is 6.42 Å². The van der Waals surface area contributed by atoms with E-state index in [0.29, 0.717) is 29.7 Å². The quantitative estimate of drug-likeness (QED) is 0.844. The summed E-state index contributed by atoms with van der Waals surface area (Å²) in [4.78, 5) is 4.36. The van der Waals surface area contributed by atoms with Crippen molar-refractivity contribution in [2.45, 2.75) is 39.2 Å². The van der Waals surface area contributed by atoms with Crippen LogP contribution in [0.25, 0.3) is 11.4 Å². The first-order valence-corrected chi connectivity index (χ1v) is 7.53. The van der Waals surface area contributed by atoms with Gasteiger partial charge < -0.3 is 9.84 Å². The van der Waals surface area contributed by atoms with Gasteiger partial charge in [-0.05, 0) is 31.2 Å². The lowest BCUT2D eigenvalue weighted by molar-refractivity contribution is 0.352. The maximum absolute atomic E-state index is 13.2. The SMILES string of the molecule is CCCC(Cc1nc(-c2ccc(F)c(Cl)c2)no1)NCC. The second-order valence-electron chi connectivity index (χ2n) is 4.89. The monoisotopic (exact) mass is 311 g/mol. The number of aromatic nitrogens is 2. The number of likely N-dealkylation sites (N-methyl/N-ethyl adjacent to an activating group) is 1. The van der Waals surface area contributed by atoms with Crippen LogP contribution >= 0.6 is 11.6 Å². The Bertz CT molecular complexity index is 582. The highest BCUT2D eigenvalue weighted by molar-refractivity contribution is 6.31. The van der Waals surface area contributed by atoms with Crippen molar-refractivity contribution in [1.29, 1.82) is 0 Å². The molecule has 21 heavy (non-hydrogen) atoms. The van der Waals surface area contributed by atoms with Gasteiger partial charge in [-0.15, -0.1) is 0 Å². The molecule has 2 aromatic rings. The smallest absolute Gasteiger partial charge is 0.228 e. The molecule has 0 bridgehead atoms. The molecule has 1 unspecified atom stereocenters. The van der Waals surface area contributed by atoms with Crippen molar-refractivity contribution in [1.82, 2.24) is 15.5 Å². The molecule has 0 saturated carbocycles. The van der Waals surface area contributed by atoms with E-state index in [9.17, 15) is 4.39 Å². The number of benzene rings is 1. The van der Waals surface area contributed by atoms with Crippen LogP contribution in [0.4, 0.5) is 4.39 Å². The molecule has 2 rings (SSSR count). The molecule has 0 fully saturated rings. The van der Waals surface area contributed by atoms with Gasteiger partial charge >= 0.3 is 0 Å². The predicted molar refractivity (Wildman–Crippen MR) is 80.8 cm³/mol. The lowest BCUT2D eigenvalue weighted by Crippen LogP contribution is -2.30. The highest BCUT2D eigenvalue weighted by Gasteiger charge is 2.15. The van der Waals surface area contributed by atoms with E-state index >= 15 is 0 Å². The summed E-state index contributed by atoms with van der Waals surface area (Å²) < 4.78 is 18.4. The van der Waals surface area contributed by atoms with Crippen molar-refractivity contribution >= 4 is 11.6 Å². The average molecular weight is 312 g/mol. The molecule has 0 aliphatic carbocycles. The first kappa shape index (κ1) is 15.9. The van der Waals surface area contributed by atoms with E-state index in [0.717, 1.165) is 19.4 Å². The Morgan fingerprint density at radius 2 is 2.19 bits per heavy atom. The van der Waals surface area contributed by atoms with E-state index in [2.05, 4.69) is 29.3 Å². The normalized spacial score (nSPS) is 12.6. The standard InChI is InChI=1S/C15H19ClFN3O/c1-3-5-11(18-4-2)9-14-19-15(20-21-14)10-6-7-13(17)12(16)8-10/h6-8,11,18H,3-5,9H2,1-2H3. The van der Waals surface area contributed by atoms with Crippen molar-refractivity contribution in [3.8, 4) is 11.4 Å². The molecule has 6 heteroatoms. The van der Waals surface area contributed by atoms with Crippen molar-refractivity contribution in [2.75, 3.05) is 6.54 Å². The lowest BCUT2D eigenvalue weighted by atomic mass is 10.1. The molecule has 0 aliphatic rings. The Morgan fingerprint density at radius 3 is 2.86 bits per heavy atom. The van der Waals surface area contributed by atoms with E-state index in [4.69, 9.17) is 16.1 Å². The molecule has 114 valence electrons. The highest BCUT2D eigenvalue weighted by atomic mass is 35.5. The highest BCUT2D eigenvalue weighted by Crippen LogP contribution is 2.23. The minimum absolute atomic E-state index is 0.0513. The van der Waals surface area contributed by atoms with E-state index in [-0.39, 0.29) is 5.02 Å². The second kappa shape index (κ2) is 7.52. The molecular weight excluding hydrogens is 293 g/mol. The Kier molecular flexibility index (Phi) is 5.70. The molecule has 0 saturated heterocycles. The summed E-state index contributed by atoms with van der Waals surface area (Å²) in [6.07, 6.45) is 2.82. The van der Waals surface area contributed by atoms with Crippen LogP contribution < -0.4 is 5.32 Å². The second-order valence-corrected chi connectivity index (χ2v) is 5.30. The third-order valence-electron chi connectivity index (χ3n) is 3.20. The van der Waals surface area contributed by atoms with Gasteiger partial charge in [0.05, 0.1) is 5.02 Å². The van der Waals surface area contributed by atoms with E-state index in [1.165, 1.54) is 12.1 Å². The van der Waals surface area contributed by atoms with Crippen LogP contribution in [0.3, 0.4) is 0 Å². The van der Waals surface area contributed by atoms with Gasteiger partial charge in [0, 0.05) is 18.0 Å². The molecule has 1 atom stereocenters. The fraction of sp³-hybridized carbons (Fsp3) is 0.467. The van der Waals surface area contributed by atoms with Gasteiger partial charge in [0.25, 0.3) is 0 Å². The molecule has 0 radical (unpaired) electrons. The Morgan fingerprint density at radius 1 is 1.38 bits per heavy atom. The molecule has 0 aliphatic heterocycles. The van der Waals surface area contributed by atoms with Gasteiger partial charge in [-0.3, -0.25) is 0 Å². The van der Waals surface area contributed by atoms with E-state index in [1.807, 2.05) is 0 Å². The summed E-state index contributed by atoms with van der Waals surface area (Å²) in [5.74, 6) is 0.544. The fourth-order valence-corrected chi connectivity index (χ4v) is 2.40. The molecule has 1 aromatic heterocycles. The Hall–Kier alpha value is -1.46. The maximum atomic E-state index is 13.2. The van der Waals surface area contributed by atoms with Crippen molar-refractivity contribution in [2.24, 2.45) is 0 Å². The largest absolute Gasteiger partial charge is 0.339 e. The van der Waals surface area contributed by atoms with Crippen LogP contribution in [0.2, 0.25) is 5.02 Å². The number of hydrogen-bond donors (Lipinski definition) is 1. The van der Waals surface area contributed by atoms with Crippen molar-refractivity contribution in [3.05, 3.63) is 34.9 Å². The number of halogens is 2. The van der Waals surface area contributed by atoms with Crippen molar-refractivity contribution < 1.29 is 8.91 Å². The first-order valence-electron chi connectivity index (χ1n) is 7.15. The van der Waals surface area contributed by atoms with Gasteiger partial charge in [-0.25, -0.2) is 4.39 Å². The fourth-order valence-electron chi connectivity index (χ4n) is 2.21. The topological polar surface area (TPSA) is 51.0 Å². The third kappa shape index (κ3) is 4.25. The maximum Gasteiger partial charge on any atom is 0.228 e. The third-order valence-corrected chi connectivity index (χ3v) is 3.49. The van der Waals surface area contributed by atoms with Gasteiger partial charge in [0.1, 0.15) is 5.82 Å². The summed E-state index contributed by atoms with van der Waals surface area (Å²) in [6.45, 7) is 5.12. The summed E-state index contributed by atoms with van der Waals surface area (Å²) in [6, 6.07) is 4.71. The Balaban J connectivity index is 2.11. The van der Waals surface area contributed by atoms with E-state index < -0.39 is 5.82 Å². The summed E-state index contributed by atoms with van der Waals surface area (Å²) in [5, 5.41) is 7.39. The number of rotatable bonds is 7. The minimum atomic E-state index is -0.459. The zero-order valence-corrected chi connectivity index (χ0v) is 13.0. The summed E-state index contributed by atoms with van der Waals surface area (Å²) in [5.41, 5.74) is 0.645. The molecule has 1 N–H and O–H groups in total. The molecule has 0 spiro atoms. The number of nitrogens with one attached hydrogen (secondary N) is 1. The summed E-state index contributed by atoms with van der Waals surface area (Å²) >= 11 is 5.77. The minimum Gasteiger partial charge on any atom is -0.339 e. The van der Waals surface area contributed by atoms with Crippen LogP contribution in [-0.4, -0.2) is 22.7 Å². The molecule has 4 nitrogen and oxygen atoms in total. The van der Waals surface area contributed by atoms with Gasteiger partial charge in [0.15, 0.2) is 0 Å². The molecule has 1 aromatic carbocycles. The average Bonchev–Trinajstić information content (AvgIpc) is 2.91. The van der Waals surface area contributed by atoms with Gasteiger partial charge in [-0.1, -0.05) is 37.0 Å². The van der Waals surface area contributed by atoms with Crippen LogP contribution in [0.1, 0.15) is 32.6 Å². The van der Waals surface area contributed by atoms with Crippen LogP contribution in [0, 0.1) is 5.82 Å². The van der Waals surface area contributed by atoms with Gasteiger partial charge in [-0.2, -0.15) is 4.98 Å². The van der Waals surface area contributed by atoms with E-state index in [1.54, 1.807) is 6.07 Å².